The van der Waals surface area contributed by atoms with Gasteiger partial charge in [0.2, 0.25) is 0 Å². The van der Waals surface area contributed by atoms with E-state index in [1.54, 1.807) is 5.57 Å². The highest BCUT2D eigenvalue weighted by Crippen LogP contribution is 2.40. The van der Waals surface area contributed by atoms with Crippen molar-refractivity contribution in [3.8, 4) is 0 Å². The van der Waals surface area contributed by atoms with Crippen LogP contribution in [0.4, 0.5) is 0 Å². The second kappa shape index (κ2) is 4.78. The van der Waals surface area contributed by atoms with Gasteiger partial charge in [0.25, 0.3) is 0 Å². The third-order valence-corrected chi connectivity index (χ3v) is 4.89. The fraction of sp³-hybridized carbons (Fsp3) is 0.444. The molecular formula is C18H22N2. The molecule has 0 fully saturated rings. The smallest absolute Gasteiger partial charge is 0.0462 e. The van der Waals surface area contributed by atoms with Gasteiger partial charge in [0, 0.05) is 29.7 Å². The predicted octanol–water partition coefficient (Wildman–Crippen LogP) is 3.98. The summed E-state index contributed by atoms with van der Waals surface area (Å²) in [5.41, 5.74) is 5.84. The van der Waals surface area contributed by atoms with Gasteiger partial charge in [-0.2, -0.15) is 0 Å². The van der Waals surface area contributed by atoms with E-state index in [1.165, 1.54) is 60.8 Å². The zero-order valence-corrected chi connectivity index (χ0v) is 12.2. The van der Waals surface area contributed by atoms with Crippen LogP contribution in [0, 0.1) is 0 Å². The molecule has 2 aliphatic rings. The third-order valence-electron chi connectivity index (χ3n) is 4.89. The van der Waals surface area contributed by atoms with E-state index in [2.05, 4.69) is 47.3 Å². The first-order valence-electron chi connectivity index (χ1n) is 7.92. The predicted molar refractivity (Wildman–Crippen MR) is 84.9 cm³/mol. The maximum Gasteiger partial charge on any atom is 0.0462 e. The van der Waals surface area contributed by atoms with Gasteiger partial charge in [-0.15, -0.1) is 0 Å². The van der Waals surface area contributed by atoms with Gasteiger partial charge in [-0.1, -0.05) is 31.6 Å². The van der Waals surface area contributed by atoms with Crippen LogP contribution in [0.25, 0.3) is 16.5 Å². The molecule has 0 saturated carbocycles. The Kier molecular flexibility index (Phi) is 2.92. The Morgan fingerprint density at radius 1 is 1.35 bits per heavy atom. The Balaban J connectivity index is 1.78. The molecule has 1 aromatic heterocycles. The standard InChI is InChI=1S/C18H22N2/c1-2-3-9-20-10-5-7-14-15-6-4-8-16-18(15)13(12-19-16)11-17(14)20/h4,6-8,12,17,19H,2-3,5,9-11H2,1H3. The summed E-state index contributed by atoms with van der Waals surface area (Å²) < 4.78 is 0. The van der Waals surface area contributed by atoms with E-state index < -0.39 is 0 Å². The van der Waals surface area contributed by atoms with Crippen LogP contribution < -0.4 is 0 Å². The first-order chi connectivity index (χ1) is 9.88. The number of benzene rings is 1. The molecule has 2 aromatic rings. The van der Waals surface area contributed by atoms with Gasteiger partial charge in [0.1, 0.15) is 0 Å². The Morgan fingerprint density at radius 3 is 3.20 bits per heavy atom. The second-order valence-electron chi connectivity index (χ2n) is 6.10. The van der Waals surface area contributed by atoms with Crippen LogP contribution in [0.2, 0.25) is 0 Å². The number of hydrogen-bond acceptors (Lipinski definition) is 1. The molecule has 2 heterocycles. The lowest BCUT2D eigenvalue weighted by Crippen LogP contribution is -2.42. The van der Waals surface area contributed by atoms with Gasteiger partial charge in [-0.05, 0) is 48.6 Å². The van der Waals surface area contributed by atoms with Crippen molar-refractivity contribution in [2.75, 3.05) is 13.1 Å². The molecule has 1 aromatic carbocycles. The van der Waals surface area contributed by atoms with Gasteiger partial charge in [-0.25, -0.2) is 0 Å². The molecule has 4 rings (SSSR count). The SMILES string of the molecule is CCCCN1CCC=C2c3cccc4[nH]cc(c34)CC21. The molecule has 2 nitrogen and oxygen atoms in total. The van der Waals surface area contributed by atoms with E-state index in [0.29, 0.717) is 6.04 Å². The average molecular weight is 266 g/mol. The lowest BCUT2D eigenvalue weighted by molar-refractivity contribution is 0.225. The number of hydrogen-bond donors (Lipinski definition) is 1. The van der Waals surface area contributed by atoms with Crippen LogP contribution in [0.3, 0.4) is 0 Å². The highest BCUT2D eigenvalue weighted by Gasteiger charge is 2.31. The summed E-state index contributed by atoms with van der Waals surface area (Å²) in [6.07, 6.45) is 9.68. The lowest BCUT2D eigenvalue weighted by atomic mass is 9.81. The number of rotatable bonds is 3. The van der Waals surface area contributed by atoms with E-state index in [9.17, 15) is 0 Å². The first-order valence-corrected chi connectivity index (χ1v) is 7.92. The minimum absolute atomic E-state index is 0.601. The van der Waals surface area contributed by atoms with Crippen LogP contribution in [0.1, 0.15) is 37.3 Å². The molecule has 1 aliphatic carbocycles. The van der Waals surface area contributed by atoms with Crippen molar-refractivity contribution in [3.05, 3.63) is 41.6 Å². The molecule has 0 spiro atoms. The van der Waals surface area contributed by atoms with Crippen LogP contribution in [0.5, 0.6) is 0 Å². The lowest BCUT2D eigenvalue weighted by Gasteiger charge is -2.39. The van der Waals surface area contributed by atoms with Crippen LogP contribution >= 0.6 is 0 Å². The highest BCUT2D eigenvalue weighted by atomic mass is 15.2. The summed E-state index contributed by atoms with van der Waals surface area (Å²) in [5.74, 6) is 0. The van der Waals surface area contributed by atoms with Gasteiger partial charge >= 0.3 is 0 Å². The quantitative estimate of drug-likeness (QED) is 0.890. The van der Waals surface area contributed by atoms with Crippen molar-refractivity contribution < 1.29 is 0 Å². The molecule has 1 atom stereocenters. The van der Waals surface area contributed by atoms with Crippen molar-refractivity contribution in [1.82, 2.24) is 9.88 Å². The van der Waals surface area contributed by atoms with Crippen LogP contribution in [0.15, 0.2) is 30.5 Å². The molecule has 104 valence electrons. The number of unbranched alkanes of at least 4 members (excludes halogenated alkanes) is 1. The molecular weight excluding hydrogens is 244 g/mol. The zero-order valence-electron chi connectivity index (χ0n) is 12.2. The molecule has 1 N–H and O–H groups in total. The maximum absolute atomic E-state index is 3.44. The van der Waals surface area contributed by atoms with Crippen molar-refractivity contribution in [2.24, 2.45) is 0 Å². The van der Waals surface area contributed by atoms with Crippen molar-refractivity contribution >= 4 is 16.5 Å². The van der Waals surface area contributed by atoms with E-state index in [1.807, 2.05) is 0 Å². The largest absolute Gasteiger partial charge is 0.361 e. The molecule has 2 heteroatoms. The summed E-state index contributed by atoms with van der Waals surface area (Å²) in [6.45, 7) is 4.75. The number of fused-ring (bicyclic) bond motifs is 2. The summed E-state index contributed by atoms with van der Waals surface area (Å²) in [7, 11) is 0. The highest BCUT2D eigenvalue weighted by molar-refractivity contribution is 5.98. The Labute approximate surface area is 120 Å². The number of aromatic amines is 1. The summed E-state index contributed by atoms with van der Waals surface area (Å²) in [5, 5.41) is 1.47. The van der Waals surface area contributed by atoms with E-state index in [-0.39, 0.29) is 0 Å². The van der Waals surface area contributed by atoms with Gasteiger partial charge < -0.3 is 4.98 Å². The second-order valence-corrected chi connectivity index (χ2v) is 6.10. The average Bonchev–Trinajstić information content (AvgIpc) is 2.90. The van der Waals surface area contributed by atoms with E-state index >= 15 is 0 Å². The van der Waals surface area contributed by atoms with Crippen molar-refractivity contribution in [2.45, 2.75) is 38.6 Å². The zero-order chi connectivity index (χ0) is 13.5. The Hall–Kier alpha value is -1.54. The summed E-state index contributed by atoms with van der Waals surface area (Å²) in [4.78, 5) is 6.14. The molecule has 0 radical (unpaired) electrons. The fourth-order valence-electron chi connectivity index (χ4n) is 3.90. The molecule has 1 aliphatic heterocycles. The number of aromatic nitrogens is 1. The number of nitrogens with zero attached hydrogens (tertiary/aromatic N) is 1. The Bertz CT molecular complexity index is 665. The molecule has 1 unspecified atom stereocenters. The monoisotopic (exact) mass is 266 g/mol. The van der Waals surface area contributed by atoms with E-state index in [4.69, 9.17) is 0 Å². The fourth-order valence-corrected chi connectivity index (χ4v) is 3.90. The normalized spacial score (nSPS) is 21.9. The molecule has 0 amide bonds. The first kappa shape index (κ1) is 12.2. The van der Waals surface area contributed by atoms with Crippen LogP contribution in [-0.4, -0.2) is 29.0 Å². The van der Waals surface area contributed by atoms with Crippen molar-refractivity contribution in [1.29, 1.82) is 0 Å². The van der Waals surface area contributed by atoms with Gasteiger partial charge in [0.15, 0.2) is 0 Å². The summed E-state index contributed by atoms with van der Waals surface area (Å²) in [6, 6.07) is 7.29. The minimum atomic E-state index is 0.601. The van der Waals surface area contributed by atoms with E-state index in [0.717, 1.165) is 0 Å². The van der Waals surface area contributed by atoms with Crippen molar-refractivity contribution in [3.63, 3.8) is 0 Å². The topological polar surface area (TPSA) is 19.0 Å². The van der Waals surface area contributed by atoms with Crippen LogP contribution in [-0.2, 0) is 6.42 Å². The molecule has 0 saturated heterocycles. The maximum atomic E-state index is 3.44. The van der Waals surface area contributed by atoms with Gasteiger partial charge in [-0.3, -0.25) is 4.90 Å². The Morgan fingerprint density at radius 2 is 2.30 bits per heavy atom. The number of H-pyrrole nitrogens is 1. The summed E-state index contributed by atoms with van der Waals surface area (Å²) >= 11 is 0. The van der Waals surface area contributed by atoms with Gasteiger partial charge in [0.05, 0.1) is 0 Å². The minimum Gasteiger partial charge on any atom is -0.361 e. The number of nitrogens with one attached hydrogen (secondary N) is 1. The molecule has 20 heavy (non-hydrogen) atoms. The molecule has 0 bridgehead atoms. The third kappa shape index (κ3) is 1.75.